The Morgan fingerprint density at radius 1 is 1.46 bits per heavy atom. The van der Waals surface area contributed by atoms with Crippen LogP contribution >= 0.6 is 0 Å². The number of amides is 1. The Kier molecular flexibility index (Phi) is 7.00. The summed E-state index contributed by atoms with van der Waals surface area (Å²) in [6.07, 6.45) is 2.47. The number of hydrogen-bond acceptors (Lipinski definition) is 2. The molecule has 1 heterocycles. The van der Waals surface area contributed by atoms with E-state index < -0.39 is 0 Å². The first-order valence-electron chi connectivity index (χ1n) is 9.39. The number of guanidine groups is 1. The summed E-state index contributed by atoms with van der Waals surface area (Å²) in [5.74, 6) is 0.662. The number of nitrogens with zero attached hydrogens (tertiary/aromatic N) is 2. The van der Waals surface area contributed by atoms with Crippen molar-refractivity contribution in [3.8, 4) is 0 Å². The van der Waals surface area contributed by atoms with Crippen LogP contribution < -0.4 is 11.1 Å². The number of carbonyl (C=O) groups is 1. The number of nitrogens with two attached hydrogens (primary N) is 1. The molecule has 1 saturated heterocycles. The predicted octanol–water partition coefficient (Wildman–Crippen LogP) is 2.66. The minimum absolute atomic E-state index is 0.225. The first kappa shape index (κ1) is 20.2. The molecule has 0 aromatic heterocycles. The molecule has 1 aliphatic rings. The minimum Gasteiger partial charge on any atom is -0.370 e. The van der Waals surface area contributed by atoms with Gasteiger partial charge in [0.25, 0.3) is 0 Å². The third-order valence-electron chi connectivity index (χ3n) is 4.87. The molecular weight excluding hydrogens is 331 g/mol. The molecule has 1 aliphatic heterocycles. The van der Waals surface area contributed by atoms with Gasteiger partial charge in [-0.05, 0) is 43.4 Å². The highest BCUT2D eigenvalue weighted by Gasteiger charge is 2.25. The fourth-order valence-corrected chi connectivity index (χ4v) is 3.41. The van der Waals surface area contributed by atoms with Crippen molar-refractivity contribution in [1.29, 1.82) is 0 Å². The topological polar surface area (TPSA) is 70.7 Å². The van der Waals surface area contributed by atoms with Crippen molar-refractivity contribution in [2.24, 2.45) is 16.6 Å². The Balaban J connectivity index is 2.11. The number of carbonyl (C=O) groups excluding carboxylic acids is 1. The molecule has 2 rings (SSSR count). The molecule has 144 valence electrons. The normalized spacial score (nSPS) is 18.7. The molecule has 1 aromatic rings. The zero-order chi connectivity index (χ0) is 19.2. The molecule has 0 saturated carbocycles. The number of nitrogens with one attached hydrogen (secondary N) is 1. The average molecular weight is 362 g/mol. The molecule has 1 unspecified atom stereocenters. The standard InChI is InChI=1S/C20H31FN4O/c1-4-23-19(25-10-6-7-15(13-25)11-18(22)26)24-14-20(2,3)16-8-5-9-17(21)12-16/h5,8-9,12,15H,4,6-7,10-11,13-14H2,1-3H3,(H2,22,26)(H,23,24). The largest absolute Gasteiger partial charge is 0.370 e. The number of primary amides is 1. The van der Waals surface area contributed by atoms with E-state index in [4.69, 9.17) is 10.7 Å². The number of benzene rings is 1. The Morgan fingerprint density at radius 3 is 2.88 bits per heavy atom. The van der Waals surface area contributed by atoms with Gasteiger partial charge in [0.05, 0.1) is 6.54 Å². The third-order valence-corrected chi connectivity index (χ3v) is 4.87. The van der Waals surface area contributed by atoms with Gasteiger partial charge in [0.2, 0.25) is 5.91 Å². The molecular formula is C20H31FN4O. The van der Waals surface area contributed by atoms with Crippen LogP contribution in [0.25, 0.3) is 0 Å². The predicted molar refractivity (Wildman–Crippen MR) is 104 cm³/mol. The number of halogens is 1. The molecule has 1 aromatic carbocycles. The van der Waals surface area contributed by atoms with Gasteiger partial charge in [0.1, 0.15) is 5.82 Å². The second kappa shape index (κ2) is 9.01. The van der Waals surface area contributed by atoms with Crippen molar-refractivity contribution in [3.05, 3.63) is 35.6 Å². The van der Waals surface area contributed by atoms with E-state index in [1.165, 1.54) is 6.07 Å². The molecule has 5 nitrogen and oxygen atoms in total. The molecule has 0 bridgehead atoms. The van der Waals surface area contributed by atoms with Gasteiger partial charge in [0.15, 0.2) is 5.96 Å². The van der Waals surface area contributed by atoms with Gasteiger partial charge < -0.3 is 16.0 Å². The summed E-state index contributed by atoms with van der Waals surface area (Å²) < 4.78 is 13.6. The van der Waals surface area contributed by atoms with Crippen LogP contribution in [0.3, 0.4) is 0 Å². The van der Waals surface area contributed by atoms with Gasteiger partial charge in [0, 0.05) is 31.5 Å². The zero-order valence-corrected chi connectivity index (χ0v) is 16.1. The summed E-state index contributed by atoms with van der Waals surface area (Å²) in [6.45, 7) is 9.21. The van der Waals surface area contributed by atoms with Crippen LogP contribution in [0.1, 0.15) is 45.6 Å². The fourth-order valence-electron chi connectivity index (χ4n) is 3.41. The highest BCUT2D eigenvalue weighted by Crippen LogP contribution is 2.25. The second-order valence-corrected chi connectivity index (χ2v) is 7.69. The summed E-state index contributed by atoms with van der Waals surface area (Å²) in [5, 5.41) is 3.35. The van der Waals surface area contributed by atoms with Gasteiger partial charge in [-0.3, -0.25) is 9.79 Å². The lowest BCUT2D eigenvalue weighted by Gasteiger charge is -2.35. The molecule has 1 atom stereocenters. The molecule has 6 heteroatoms. The van der Waals surface area contributed by atoms with Crippen LogP contribution in [0, 0.1) is 11.7 Å². The maximum Gasteiger partial charge on any atom is 0.217 e. The van der Waals surface area contributed by atoms with Crippen molar-refractivity contribution < 1.29 is 9.18 Å². The Bertz CT molecular complexity index is 644. The SMILES string of the molecule is CCNC(=NCC(C)(C)c1cccc(F)c1)N1CCCC(CC(N)=O)C1. The van der Waals surface area contributed by atoms with Crippen molar-refractivity contribution in [2.75, 3.05) is 26.2 Å². The first-order chi connectivity index (χ1) is 12.3. The van der Waals surface area contributed by atoms with Crippen molar-refractivity contribution >= 4 is 11.9 Å². The lowest BCUT2D eigenvalue weighted by Crippen LogP contribution is -2.47. The van der Waals surface area contributed by atoms with Gasteiger partial charge in [-0.2, -0.15) is 0 Å². The molecule has 0 radical (unpaired) electrons. The summed E-state index contributed by atoms with van der Waals surface area (Å²) in [6, 6.07) is 6.71. The van der Waals surface area contributed by atoms with Gasteiger partial charge in [-0.1, -0.05) is 26.0 Å². The maximum absolute atomic E-state index is 13.6. The monoisotopic (exact) mass is 362 g/mol. The Hall–Kier alpha value is -2.11. The summed E-state index contributed by atoms with van der Waals surface area (Å²) in [4.78, 5) is 18.3. The van der Waals surface area contributed by atoms with Crippen molar-refractivity contribution in [3.63, 3.8) is 0 Å². The average Bonchev–Trinajstić information content (AvgIpc) is 2.58. The van der Waals surface area contributed by atoms with E-state index in [9.17, 15) is 9.18 Å². The van der Waals surface area contributed by atoms with Crippen LogP contribution in [-0.2, 0) is 10.2 Å². The van der Waals surface area contributed by atoms with Crippen molar-refractivity contribution in [1.82, 2.24) is 10.2 Å². The van der Waals surface area contributed by atoms with E-state index in [1.807, 2.05) is 13.0 Å². The van der Waals surface area contributed by atoms with Crippen LogP contribution in [-0.4, -0.2) is 42.9 Å². The number of hydrogen-bond donors (Lipinski definition) is 2. The van der Waals surface area contributed by atoms with Gasteiger partial charge >= 0.3 is 0 Å². The van der Waals surface area contributed by atoms with E-state index in [0.717, 1.165) is 44.0 Å². The Morgan fingerprint density at radius 2 is 2.23 bits per heavy atom. The minimum atomic E-state index is -0.273. The van der Waals surface area contributed by atoms with E-state index in [2.05, 4.69) is 24.1 Å². The summed E-state index contributed by atoms with van der Waals surface area (Å²) in [7, 11) is 0. The molecule has 3 N–H and O–H groups in total. The molecule has 1 fully saturated rings. The number of likely N-dealkylation sites (tertiary alicyclic amines) is 1. The summed E-state index contributed by atoms with van der Waals surface area (Å²) >= 11 is 0. The second-order valence-electron chi connectivity index (χ2n) is 7.69. The maximum atomic E-state index is 13.6. The van der Waals surface area contributed by atoms with Crippen LogP contribution in [0.4, 0.5) is 4.39 Å². The van der Waals surface area contributed by atoms with Crippen LogP contribution in [0.15, 0.2) is 29.3 Å². The molecule has 26 heavy (non-hydrogen) atoms. The fraction of sp³-hybridized carbons (Fsp3) is 0.600. The lowest BCUT2D eigenvalue weighted by molar-refractivity contribution is -0.119. The number of piperidine rings is 1. The molecule has 0 spiro atoms. The zero-order valence-electron chi connectivity index (χ0n) is 16.1. The van der Waals surface area contributed by atoms with E-state index in [-0.39, 0.29) is 23.1 Å². The third kappa shape index (κ3) is 5.71. The quantitative estimate of drug-likeness (QED) is 0.604. The van der Waals surface area contributed by atoms with Crippen LogP contribution in [0.5, 0.6) is 0 Å². The van der Waals surface area contributed by atoms with Crippen LogP contribution in [0.2, 0.25) is 0 Å². The van der Waals surface area contributed by atoms with Crippen molar-refractivity contribution in [2.45, 2.75) is 45.4 Å². The summed E-state index contributed by atoms with van der Waals surface area (Å²) in [5.41, 5.74) is 6.02. The highest BCUT2D eigenvalue weighted by atomic mass is 19.1. The molecule has 1 amide bonds. The first-order valence-corrected chi connectivity index (χ1v) is 9.39. The highest BCUT2D eigenvalue weighted by molar-refractivity contribution is 5.80. The smallest absolute Gasteiger partial charge is 0.217 e. The Labute approximate surface area is 155 Å². The van der Waals surface area contributed by atoms with Gasteiger partial charge in [-0.15, -0.1) is 0 Å². The van der Waals surface area contributed by atoms with Gasteiger partial charge in [-0.25, -0.2) is 4.39 Å². The van der Waals surface area contributed by atoms with E-state index >= 15 is 0 Å². The van der Waals surface area contributed by atoms with E-state index in [1.54, 1.807) is 12.1 Å². The molecule has 0 aliphatic carbocycles. The number of rotatable bonds is 6. The number of aliphatic imine (C=N–C) groups is 1. The van der Waals surface area contributed by atoms with E-state index in [0.29, 0.717) is 13.0 Å². The lowest BCUT2D eigenvalue weighted by atomic mass is 9.85.